The Labute approximate surface area is 77.9 Å². The van der Waals surface area contributed by atoms with Crippen molar-refractivity contribution in [1.82, 2.24) is 4.98 Å². The van der Waals surface area contributed by atoms with Gasteiger partial charge in [0.05, 0.1) is 18.0 Å². The number of hydrogen-bond acceptors (Lipinski definition) is 3. The minimum absolute atomic E-state index is 0.385. The van der Waals surface area contributed by atoms with Crippen LogP contribution >= 0.6 is 0 Å². The summed E-state index contributed by atoms with van der Waals surface area (Å²) in [4.78, 5) is 4.09. The summed E-state index contributed by atoms with van der Waals surface area (Å²) in [7, 11) is 0. The molecule has 2 rings (SSSR count). The maximum Gasteiger partial charge on any atom is 0.161 e. The van der Waals surface area contributed by atoms with Gasteiger partial charge in [-0.3, -0.25) is 4.98 Å². The van der Waals surface area contributed by atoms with Crippen LogP contribution < -0.4 is 10.5 Å². The molecule has 0 saturated heterocycles. The second-order valence-corrected chi connectivity index (χ2v) is 3.38. The summed E-state index contributed by atoms with van der Waals surface area (Å²) >= 11 is 0. The number of aromatic nitrogens is 1. The first-order valence-corrected chi connectivity index (χ1v) is 4.70. The average Bonchev–Trinajstić information content (AvgIpc) is 2.92. The minimum atomic E-state index is 0.385. The second-order valence-electron chi connectivity index (χ2n) is 3.38. The van der Waals surface area contributed by atoms with E-state index in [1.807, 2.05) is 0 Å². The van der Waals surface area contributed by atoms with Crippen LogP contribution in [0, 0.1) is 0 Å². The number of nitrogen functional groups attached to an aromatic ring is 1. The Morgan fingerprint density at radius 1 is 1.54 bits per heavy atom. The molecule has 0 spiro atoms. The summed E-state index contributed by atoms with van der Waals surface area (Å²) < 4.78 is 5.61. The van der Waals surface area contributed by atoms with Crippen molar-refractivity contribution in [2.75, 3.05) is 5.73 Å². The molecule has 1 aromatic rings. The molecule has 1 aliphatic carbocycles. The molecule has 0 aromatic carbocycles. The highest BCUT2D eigenvalue weighted by molar-refractivity contribution is 5.56. The standard InChI is InChI=1S/C10H14N2O/c1-2-7-5-12-6-9(10(7)11)13-8-3-4-8/h5-6,8H,2-4H2,1H3,(H2,11,12). The van der Waals surface area contributed by atoms with Crippen LogP contribution in [0.1, 0.15) is 25.3 Å². The third-order valence-electron chi connectivity index (χ3n) is 2.23. The van der Waals surface area contributed by atoms with Crippen LogP contribution in [0.3, 0.4) is 0 Å². The van der Waals surface area contributed by atoms with Gasteiger partial charge in [-0.25, -0.2) is 0 Å². The Bertz CT molecular complexity index is 308. The van der Waals surface area contributed by atoms with E-state index in [1.54, 1.807) is 12.4 Å². The highest BCUT2D eigenvalue weighted by Crippen LogP contribution is 2.31. The zero-order chi connectivity index (χ0) is 9.26. The summed E-state index contributed by atoms with van der Waals surface area (Å²) in [5.41, 5.74) is 7.73. The van der Waals surface area contributed by atoms with E-state index in [4.69, 9.17) is 10.5 Å². The lowest BCUT2D eigenvalue weighted by Crippen LogP contribution is -2.03. The smallest absolute Gasteiger partial charge is 0.161 e. The minimum Gasteiger partial charge on any atom is -0.487 e. The molecule has 1 aliphatic rings. The van der Waals surface area contributed by atoms with Crippen molar-refractivity contribution < 1.29 is 4.74 Å². The molecular formula is C10H14N2O. The molecule has 70 valence electrons. The number of anilines is 1. The molecule has 0 bridgehead atoms. The summed E-state index contributed by atoms with van der Waals surface area (Å²) in [5.74, 6) is 0.752. The quantitative estimate of drug-likeness (QED) is 0.767. The monoisotopic (exact) mass is 178 g/mol. The van der Waals surface area contributed by atoms with Crippen molar-refractivity contribution in [2.24, 2.45) is 0 Å². The molecule has 3 nitrogen and oxygen atoms in total. The van der Waals surface area contributed by atoms with Crippen molar-refractivity contribution >= 4 is 5.69 Å². The molecule has 0 unspecified atom stereocenters. The first-order valence-electron chi connectivity index (χ1n) is 4.70. The maximum absolute atomic E-state index is 5.90. The van der Waals surface area contributed by atoms with Crippen LogP contribution in [0.5, 0.6) is 5.75 Å². The van der Waals surface area contributed by atoms with E-state index in [1.165, 1.54) is 0 Å². The van der Waals surface area contributed by atoms with Crippen LogP contribution in [-0.2, 0) is 6.42 Å². The van der Waals surface area contributed by atoms with Crippen LogP contribution in [0.4, 0.5) is 5.69 Å². The van der Waals surface area contributed by atoms with Gasteiger partial charge in [0, 0.05) is 6.20 Å². The van der Waals surface area contributed by atoms with Gasteiger partial charge in [-0.15, -0.1) is 0 Å². The first kappa shape index (κ1) is 8.35. The van der Waals surface area contributed by atoms with E-state index in [9.17, 15) is 0 Å². The number of nitrogens with zero attached hydrogens (tertiary/aromatic N) is 1. The molecule has 13 heavy (non-hydrogen) atoms. The Balaban J connectivity index is 2.22. The average molecular weight is 178 g/mol. The van der Waals surface area contributed by atoms with Crippen molar-refractivity contribution in [3.8, 4) is 5.75 Å². The normalized spacial score (nSPS) is 15.8. The lowest BCUT2D eigenvalue weighted by Gasteiger charge is -2.09. The number of rotatable bonds is 3. The van der Waals surface area contributed by atoms with Gasteiger partial charge < -0.3 is 10.5 Å². The van der Waals surface area contributed by atoms with Gasteiger partial charge in [0.1, 0.15) is 0 Å². The molecule has 0 aliphatic heterocycles. The van der Waals surface area contributed by atoms with Gasteiger partial charge in [-0.2, -0.15) is 0 Å². The van der Waals surface area contributed by atoms with Gasteiger partial charge in [-0.05, 0) is 24.8 Å². The van der Waals surface area contributed by atoms with Gasteiger partial charge in [0.25, 0.3) is 0 Å². The Kier molecular flexibility index (Phi) is 2.08. The fraction of sp³-hybridized carbons (Fsp3) is 0.500. The molecule has 3 heteroatoms. The summed E-state index contributed by atoms with van der Waals surface area (Å²) in [5, 5.41) is 0. The molecule has 1 aromatic heterocycles. The third kappa shape index (κ3) is 1.74. The molecule has 0 atom stereocenters. The van der Waals surface area contributed by atoms with Crippen molar-refractivity contribution in [3.05, 3.63) is 18.0 Å². The molecular weight excluding hydrogens is 164 g/mol. The Morgan fingerprint density at radius 2 is 2.31 bits per heavy atom. The fourth-order valence-corrected chi connectivity index (χ4v) is 1.23. The number of pyridine rings is 1. The molecule has 0 amide bonds. The number of aryl methyl sites for hydroxylation is 1. The van der Waals surface area contributed by atoms with E-state index in [0.29, 0.717) is 6.10 Å². The van der Waals surface area contributed by atoms with Crippen LogP contribution in [0.25, 0.3) is 0 Å². The van der Waals surface area contributed by atoms with Gasteiger partial charge in [0.15, 0.2) is 5.75 Å². The molecule has 0 radical (unpaired) electrons. The van der Waals surface area contributed by atoms with Crippen LogP contribution in [-0.4, -0.2) is 11.1 Å². The van der Waals surface area contributed by atoms with Gasteiger partial charge >= 0.3 is 0 Å². The predicted molar refractivity (Wildman–Crippen MR) is 51.7 cm³/mol. The van der Waals surface area contributed by atoms with Crippen LogP contribution in [0.2, 0.25) is 0 Å². The SMILES string of the molecule is CCc1cncc(OC2CC2)c1N. The van der Waals surface area contributed by atoms with Crippen LogP contribution in [0.15, 0.2) is 12.4 Å². The number of hydrogen-bond donors (Lipinski definition) is 1. The van der Waals surface area contributed by atoms with Gasteiger partial charge in [-0.1, -0.05) is 6.92 Å². The number of ether oxygens (including phenoxy) is 1. The summed E-state index contributed by atoms with van der Waals surface area (Å²) in [6, 6.07) is 0. The zero-order valence-electron chi connectivity index (χ0n) is 7.79. The highest BCUT2D eigenvalue weighted by Gasteiger charge is 2.24. The molecule has 2 N–H and O–H groups in total. The fourth-order valence-electron chi connectivity index (χ4n) is 1.23. The van der Waals surface area contributed by atoms with E-state index < -0.39 is 0 Å². The van der Waals surface area contributed by atoms with Crippen molar-refractivity contribution in [3.63, 3.8) is 0 Å². The van der Waals surface area contributed by atoms with E-state index >= 15 is 0 Å². The van der Waals surface area contributed by atoms with Crippen molar-refractivity contribution in [1.29, 1.82) is 0 Å². The summed E-state index contributed by atoms with van der Waals surface area (Å²) in [6.07, 6.45) is 7.09. The zero-order valence-corrected chi connectivity index (χ0v) is 7.79. The topological polar surface area (TPSA) is 48.1 Å². The van der Waals surface area contributed by atoms with E-state index in [-0.39, 0.29) is 0 Å². The highest BCUT2D eigenvalue weighted by atomic mass is 16.5. The Hall–Kier alpha value is -1.25. The van der Waals surface area contributed by atoms with Gasteiger partial charge in [0.2, 0.25) is 0 Å². The third-order valence-corrected chi connectivity index (χ3v) is 2.23. The van der Waals surface area contributed by atoms with E-state index in [0.717, 1.165) is 36.3 Å². The van der Waals surface area contributed by atoms with E-state index in [2.05, 4.69) is 11.9 Å². The summed E-state index contributed by atoms with van der Waals surface area (Å²) in [6.45, 7) is 2.06. The molecule has 1 saturated carbocycles. The van der Waals surface area contributed by atoms with Crippen molar-refractivity contribution in [2.45, 2.75) is 32.3 Å². The lowest BCUT2D eigenvalue weighted by atomic mass is 10.2. The second kappa shape index (κ2) is 3.24. The molecule has 1 heterocycles. The largest absolute Gasteiger partial charge is 0.487 e. The first-order chi connectivity index (χ1) is 6.31. The lowest BCUT2D eigenvalue weighted by molar-refractivity contribution is 0.303. The predicted octanol–water partition coefficient (Wildman–Crippen LogP) is 1.77. The Morgan fingerprint density at radius 3 is 2.92 bits per heavy atom. The maximum atomic E-state index is 5.90. The number of nitrogens with two attached hydrogens (primary N) is 1. The molecule has 1 fully saturated rings.